The van der Waals surface area contributed by atoms with Gasteiger partial charge in [0.25, 0.3) is 0 Å². The fraction of sp³-hybridized carbons (Fsp3) is 0.130. The molecule has 130 valence electrons. The summed E-state index contributed by atoms with van der Waals surface area (Å²) in [5.74, 6) is 0.340. The van der Waals surface area contributed by atoms with Gasteiger partial charge in [0.05, 0.1) is 0 Å². The van der Waals surface area contributed by atoms with Crippen LogP contribution in [0.15, 0.2) is 79.0 Å². The zero-order valence-corrected chi connectivity index (χ0v) is 15.0. The molecular formula is C23H22N2O. The normalized spacial score (nSPS) is 12.2. The van der Waals surface area contributed by atoms with Crippen molar-refractivity contribution in [3.8, 4) is 5.75 Å². The average Bonchev–Trinajstić information content (AvgIpc) is 3.07. The minimum Gasteiger partial charge on any atom is -0.508 e. The van der Waals surface area contributed by atoms with E-state index < -0.39 is 0 Å². The molecule has 0 aliphatic heterocycles. The van der Waals surface area contributed by atoms with E-state index in [1.165, 1.54) is 22.2 Å². The van der Waals surface area contributed by atoms with E-state index in [4.69, 9.17) is 0 Å². The van der Waals surface area contributed by atoms with Gasteiger partial charge in [0, 0.05) is 42.8 Å². The lowest BCUT2D eigenvalue weighted by molar-refractivity contribution is 0.474. The number of fused-ring (bicyclic) bond motifs is 1. The van der Waals surface area contributed by atoms with Crippen LogP contribution in [0.1, 0.15) is 22.6 Å². The summed E-state index contributed by atoms with van der Waals surface area (Å²) in [6.45, 7) is 0. The van der Waals surface area contributed by atoms with Crippen molar-refractivity contribution < 1.29 is 5.11 Å². The molecule has 0 aliphatic carbocycles. The number of hydrogen-bond acceptors (Lipinski definition) is 2. The average molecular weight is 342 g/mol. The van der Waals surface area contributed by atoms with Crippen molar-refractivity contribution in [2.75, 3.05) is 19.0 Å². The molecule has 1 heterocycles. The van der Waals surface area contributed by atoms with Crippen molar-refractivity contribution in [3.05, 3.63) is 95.7 Å². The van der Waals surface area contributed by atoms with Crippen molar-refractivity contribution in [3.63, 3.8) is 0 Å². The molecule has 0 bridgehead atoms. The third-order valence-corrected chi connectivity index (χ3v) is 4.88. The Kier molecular flexibility index (Phi) is 4.13. The van der Waals surface area contributed by atoms with Gasteiger partial charge in [-0.15, -0.1) is 0 Å². The maximum atomic E-state index is 10.0. The van der Waals surface area contributed by atoms with Gasteiger partial charge in [-0.2, -0.15) is 0 Å². The number of hydrogen-bond donors (Lipinski definition) is 2. The highest BCUT2D eigenvalue weighted by molar-refractivity contribution is 5.84. The van der Waals surface area contributed by atoms with Crippen LogP contribution in [0.5, 0.6) is 5.75 Å². The third-order valence-electron chi connectivity index (χ3n) is 4.88. The first-order valence-corrected chi connectivity index (χ1v) is 8.76. The van der Waals surface area contributed by atoms with E-state index in [1.807, 2.05) is 32.3 Å². The van der Waals surface area contributed by atoms with Crippen LogP contribution in [0.4, 0.5) is 5.69 Å². The molecule has 26 heavy (non-hydrogen) atoms. The van der Waals surface area contributed by atoms with Crippen molar-refractivity contribution in [2.45, 2.75) is 5.92 Å². The van der Waals surface area contributed by atoms with Crippen LogP contribution in [-0.2, 0) is 0 Å². The van der Waals surface area contributed by atoms with Gasteiger partial charge in [0.2, 0.25) is 0 Å². The van der Waals surface area contributed by atoms with Gasteiger partial charge >= 0.3 is 0 Å². The molecule has 0 amide bonds. The summed E-state index contributed by atoms with van der Waals surface area (Å²) in [7, 11) is 4.09. The molecule has 4 aromatic rings. The topological polar surface area (TPSA) is 39.3 Å². The van der Waals surface area contributed by atoms with Crippen LogP contribution in [0.3, 0.4) is 0 Å². The summed E-state index contributed by atoms with van der Waals surface area (Å²) < 4.78 is 0. The highest BCUT2D eigenvalue weighted by Gasteiger charge is 2.20. The second-order valence-corrected chi connectivity index (χ2v) is 6.80. The molecule has 3 nitrogen and oxygen atoms in total. The van der Waals surface area contributed by atoms with Gasteiger partial charge in [-0.1, -0.05) is 42.5 Å². The molecule has 4 rings (SSSR count). The number of nitrogens with one attached hydrogen (secondary N) is 1. The van der Waals surface area contributed by atoms with E-state index >= 15 is 0 Å². The van der Waals surface area contributed by atoms with Crippen LogP contribution >= 0.6 is 0 Å². The maximum absolute atomic E-state index is 10.0. The minimum absolute atomic E-state index is 0.0504. The Labute approximate surface area is 153 Å². The highest BCUT2D eigenvalue weighted by Crippen LogP contribution is 2.37. The van der Waals surface area contributed by atoms with Gasteiger partial charge in [-0.05, 0) is 47.0 Å². The fourth-order valence-electron chi connectivity index (χ4n) is 3.55. The van der Waals surface area contributed by atoms with Crippen LogP contribution in [0.2, 0.25) is 0 Å². The Bertz CT molecular complexity index is 1030. The number of phenolic OH excluding ortho intramolecular Hbond substituents is 1. The number of rotatable bonds is 4. The maximum Gasteiger partial charge on any atom is 0.115 e. The molecule has 3 aromatic carbocycles. The molecule has 0 fully saturated rings. The zero-order valence-electron chi connectivity index (χ0n) is 15.0. The van der Waals surface area contributed by atoms with Gasteiger partial charge < -0.3 is 15.0 Å². The highest BCUT2D eigenvalue weighted by atomic mass is 16.3. The molecule has 0 saturated heterocycles. The van der Waals surface area contributed by atoms with Crippen molar-refractivity contribution in [1.29, 1.82) is 0 Å². The molecule has 1 aromatic heterocycles. The first-order chi connectivity index (χ1) is 12.6. The number of aromatic amines is 1. The predicted molar refractivity (Wildman–Crippen MR) is 108 cm³/mol. The molecule has 0 spiro atoms. The van der Waals surface area contributed by atoms with E-state index in [2.05, 4.69) is 64.6 Å². The van der Waals surface area contributed by atoms with Gasteiger partial charge in [-0.25, -0.2) is 0 Å². The lowest BCUT2D eigenvalue weighted by Gasteiger charge is -2.20. The third kappa shape index (κ3) is 2.93. The first kappa shape index (κ1) is 16.3. The summed E-state index contributed by atoms with van der Waals surface area (Å²) in [6.07, 6.45) is 2.08. The number of H-pyrrole nitrogens is 1. The number of anilines is 1. The van der Waals surface area contributed by atoms with Crippen LogP contribution in [0, 0.1) is 0 Å². The quantitative estimate of drug-likeness (QED) is 0.540. The summed E-state index contributed by atoms with van der Waals surface area (Å²) >= 11 is 0. The van der Waals surface area contributed by atoms with Gasteiger partial charge in [0.15, 0.2) is 0 Å². The fourth-order valence-corrected chi connectivity index (χ4v) is 3.55. The Balaban J connectivity index is 1.90. The summed E-state index contributed by atoms with van der Waals surface area (Å²) in [5, 5.41) is 11.2. The van der Waals surface area contributed by atoms with E-state index in [0.29, 0.717) is 0 Å². The van der Waals surface area contributed by atoms with Crippen LogP contribution in [-0.4, -0.2) is 24.2 Å². The Morgan fingerprint density at radius 3 is 2.35 bits per heavy atom. The van der Waals surface area contributed by atoms with E-state index in [9.17, 15) is 5.11 Å². The molecular weight excluding hydrogens is 320 g/mol. The van der Waals surface area contributed by atoms with E-state index in [0.717, 1.165) is 11.1 Å². The molecule has 0 saturated carbocycles. The van der Waals surface area contributed by atoms with E-state index in [1.54, 1.807) is 6.07 Å². The zero-order chi connectivity index (χ0) is 18.1. The van der Waals surface area contributed by atoms with Gasteiger partial charge in [0.1, 0.15) is 5.75 Å². The molecule has 1 atom stereocenters. The molecule has 2 N–H and O–H groups in total. The van der Waals surface area contributed by atoms with Crippen LogP contribution < -0.4 is 4.90 Å². The Morgan fingerprint density at radius 2 is 1.62 bits per heavy atom. The summed E-state index contributed by atoms with van der Waals surface area (Å²) in [4.78, 5) is 5.48. The Morgan fingerprint density at radius 1 is 0.846 bits per heavy atom. The van der Waals surface area contributed by atoms with Crippen LogP contribution in [0.25, 0.3) is 10.9 Å². The van der Waals surface area contributed by atoms with Crippen molar-refractivity contribution >= 4 is 16.6 Å². The number of para-hydroxylation sites is 1. The molecule has 3 heteroatoms. The molecule has 0 aliphatic rings. The monoisotopic (exact) mass is 342 g/mol. The smallest absolute Gasteiger partial charge is 0.115 e. The number of nitrogens with zero attached hydrogens (tertiary/aromatic N) is 1. The molecule has 1 unspecified atom stereocenters. The largest absolute Gasteiger partial charge is 0.508 e. The Hall–Kier alpha value is -3.20. The lowest BCUT2D eigenvalue weighted by atomic mass is 9.85. The van der Waals surface area contributed by atoms with Crippen molar-refractivity contribution in [1.82, 2.24) is 4.98 Å². The standard InChI is InChI=1S/C23H22N2O/c1-25(2)18-12-10-16(11-13-18)23(17-6-5-7-19(26)14-17)21-15-24-22-9-4-3-8-20(21)22/h3-15,23-24,26H,1-2H3. The number of aromatic nitrogens is 1. The van der Waals surface area contributed by atoms with E-state index in [-0.39, 0.29) is 11.7 Å². The lowest BCUT2D eigenvalue weighted by Crippen LogP contribution is -2.09. The van der Waals surface area contributed by atoms with Crippen molar-refractivity contribution in [2.24, 2.45) is 0 Å². The minimum atomic E-state index is 0.0504. The number of benzene rings is 3. The first-order valence-electron chi connectivity index (χ1n) is 8.76. The molecule has 0 radical (unpaired) electrons. The summed E-state index contributed by atoms with van der Waals surface area (Å²) in [5.41, 5.74) is 5.78. The summed E-state index contributed by atoms with van der Waals surface area (Å²) in [6, 6.07) is 24.5. The number of aromatic hydroxyl groups is 1. The SMILES string of the molecule is CN(C)c1ccc(C(c2cccc(O)c2)c2c[nH]c3ccccc23)cc1. The predicted octanol–water partition coefficient (Wildman–Crippen LogP) is 5.12. The number of phenols is 1. The second-order valence-electron chi connectivity index (χ2n) is 6.80. The second kappa shape index (κ2) is 6.60. The van der Waals surface area contributed by atoms with Gasteiger partial charge in [-0.3, -0.25) is 0 Å².